The molecule has 0 aromatic heterocycles. The molecule has 0 aromatic carbocycles. The monoisotopic (exact) mass is 133 g/mol. The van der Waals surface area contributed by atoms with Crippen LogP contribution in [0.2, 0.25) is 0 Å². The van der Waals surface area contributed by atoms with E-state index in [1.54, 1.807) is 6.92 Å². The lowest BCUT2D eigenvalue weighted by Crippen LogP contribution is -2.22. The molecule has 1 amide bonds. The summed E-state index contributed by atoms with van der Waals surface area (Å²) in [5, 5.41) is 0. The van der Waals surface area contributed by atoms with Gasteiger partial charge in [0.05, 0.1) is 0 Å². The van der Waals surface area contributed by atoms with Crippen LogP contribution in [0.1, 0.15) is 13.3 Å². The zero-order valence-corrected chi connectivity index (χ0v) is 5.52. The fraction of sp³-hybridized carbons (Fsp3) is 0.750. The van der Waals surface area contributed by atoms with E-state index in [4.69, 9.17) is 5.73 Å². The second kappa shape index (κ2) is 3.56. The second-order valence-electron chi connectivity index (χ2n) is 1.43. The molecule has 8 heavy (non-hydrogen) atoms. The SMILES string of the molecule is CCC(P=O)C(N)=O. The molecule has 0 heterocycles. The number of hydrogen-bond donors (Lipinski definition) is 1. The zero-order chi connectivity index (χ0) is 6.57. The number of amides is 1. The van der Waals surface area contributed by atoms with Crippen LogP contribution < -0.4 is 5.73 Å². The third kappa shape index (κ3) is 2.03. The maximum atomic E-state index is 10.2. The van der Waals surface area contributed by atoms with Crippen LogP contribution in [0.25, 0.3) is 0 Å². The molecule has 0 fully saturated rings. The standard InChI is InChI=1S/C4H8NO2P/c1-2-3(8-7)4(5)6/h3H,2H2,1H3,(H2,5,6). The first-order chi connectivity index (χ1) is 3.72. The van der Waals surface area contributed by atoms with Gasteiger partial charge in [-0.25, -0.2) is 0 Å². The molecular weight excluding hydrogens is 125 g/mol. The average molecular weight is 133 g/mol. The van der Waals surface area contributed by atoms with Gasteiger partial charge in [-0.15, -0.1) is 0 Å². The number of nitrogens with two attached hydrogens (primary N) is 1. The predicted molar refractivity (Wildman–Crippen MR) is 30.9 cm³/mol. The minimum atomic E-state index is -0.496. The number of rotatable bonds is 3. The highest BCUT2D eigenvalue weighted by molar-refractivity contribution is 7.26. The second-order valence-corrected chi connectivity index (χ2v) is 2.27. The molecule has 0 radical (unpaired) electrons. The van der Waals surface area contributed by atoms with Gasteiger partial charge < -0.3 is 5.73 Å². The molecule has 0 aliphatic heterocycles. The maximum absolute atomic E-state index is 10.2. The molecule has 0 saturated carbocycles. The van der Waals surface area contributed by atoms with Gasteiger partial charge in [0.2, 0.25) is 5.91 Å². The molecular formula is C4H8NO2P. The summed E-state index contributed by atoms with van der Waals surface area (Å²) in [5.41, 5.74) is 4.32. The van der Waals surface area contributed by atoms with Gasteiger partial charge in [-0.1, -0.05) is 6.92 Å². The van der Waals surface area contributed by atoms with Gasteiger partial charge in [-0.2, -0.15) is 0 Å². The molecule has 2 N–H and O–H groups in total. The van der Waals surface area contributed by atoms with Crippen LogP contribution in [-0.4, -0.2) is 11.6 Å². The van der Waals surface area contributed by atoms with Gasteiger partial charge in [0, 0.05) is 0 Å². The van der Waals surface area contributed by atoms with Gasteiger partial charge in [-0.05, 0) is 6.42 Å². The molecule has 0 saturated heterocycles. The minimum Gasteiger partial charge on any atom is -0.369 e. The van der Waals surface area contributed by atoms with Crippen molar-refractivity contribution in [3.63, 3.8) is 0 Å². The molecule has 0 bridgehead atoms. The molecule has 0 aliphatic carbocycles. The smallest absolute Gasteiger partial charge is 0.232 e. The number of carbonyl (C=O) groups excluding carboxylic acids is 1. The predicted octanol–water partition coefficient (Wildman–Crippen LogP) is 0.542. The van der Waals surface area contributed by atoms with E-state index in [2.05, 4.69) is 0 Å². The summed E-state index contributed by atoms with van der Waals surface area (Å²) in [6.07, 6.45) is 0.542. The van der Waals surface area contributed by atoms with E-state index in [-0.39, 0.29) is 8.46 Å². The van der Waals surface area contributed by atoms with Crippen molar-refractivity contribution >= 4 is 14.4 Å². The Labute approximate surface area is 49.5 Å². The van der Waals surface area contributed by atoms with Crippen molar-refractivity contribution in [2.45, 2.75) is 19.0 Å². The molecule has 1 atom stereocenters. The van der Waals surface area contributed by atoms with Crippen molar-refractivity contribution in [1.82, 2.24) is 0 Å². The van der Waals surface area contributed by atoms with Crippen LogP contribution in [0.5, 0.6) is 0 Å². The van der Waals surface area contributed by atoms with E-state index >= 15 is 0 Å². The summed E-state index contributed by atoms with van der Waals surface area (Å²) < 4.78 is 9.97. The summed E-state index contributed by atoms with van der Waals surface area (Å²) in [6, 6.07) is 0. The Bertz CT molecular complexity index is 104. The van der Waals surface area contributed by atoms with Crippen molar-refractivity contribution in [2.75, 3.05) is 0 Å². The van der Waals surface area contributed by atoms with E-state index < -0.39 is 11.6 Å². The highest BCUT2D eigenvalue weighted by Gasteiger charge is 2.10. The van der Waals surface area contributed by atoms with Gasteiger partial charge in [0.1, 0.15) is 5.66 Å². The van der Waals surface area contributed by atoms with Gasteiger partial charge in [-0.3, -0.25) is 9.36 Å². The normalized spacial score (nSPS) is 13.6. The first-order valence-electron chi connectivity index (χ1n) is 2.34. The number of carbonyl (C=O) groups is 1. The van der Waals surface area contributed by atoms with Crippen molar-refractivity contribution in [3.05, 3.63) is 0 Å². The zero-order valence-electron chi connectivity index (χ0n) is 4.63. The summed E-state index contributed by atoms with van der Waals surface area (Å²) in [7, 11) is -0.171. The number of primary amides is 1. The molecule has 46 valence electrons. The molecule has 4 heteroatoms. The summed E-state index contributed by atoms with van der Waals surface area (Å²) in [4.78, 5) is 10.2. The van der Waals surface area contributed by atoms with Crippen LogP contribution in [0.3, 0.4) is 0 Å². The molecule has 0 rings (SSSR count). The fourth-order valence-corrected chi connectivity index (χ4v) is 0.581. The Hall–Kier alpha value is -0.430. The van der Waals surface area contributed by atoms with E-state index in [9.17, 15) is 9.36 Å². The summed E-state index contributed by atoms with van der Waals surface area (Å²) in [6.45, 7) is 1.76. The lowest BCUT2D eigenvalue weighted by Gasteiger charge is -1.95. The first-order valence-corrected chi connectivity index (χ1v) is 3.22. The summed E-state index contributed by atoms with van der Waals surface area (Å²) >= 11 is 0. The van der Waals surface area contributed by atoms with E-state index in [1.807, 2.05) is 0 Å². The Kier molecular flexibility index (Phi) is 3.37. The van der Waals surface area contributed by atoms with Crippen LogP contribution in [0.15, 0.2) is 0 Å². The van der Waals surface area contributed by atoms with Crippen molar-refractivity contribution in [2.24, 2.45) is 5.73 Å². The van der Waals surface area contributed by atoms with E-state index in [1.165, 1.54) is 0 Å². The highest BCUT2D eigenvalue weighted by atomic mass is 31.1. The highest BCUT2D eigenvalue weighted by Crippen LogP contribution is 2.08. The van der Waals surface area contributed by atoms with Crippen LogP contribution in [-0.2, 0) is 9.36 Å². The Morgan fingerprint density at radius 2 is 2.38 bits per heavy atom. The van der Waals surface area contributed by atoms with Gasteiger partial charge in [0.15, 0.2) is 8.46 Å². The lowest BCUT2D eigenvalue weighted by molar-refractivity contribution is -0.117. The van der Waals surface area contributed by atoms with Crippen molar-refractivity contribution in [1.29, 1.82) is 0 Å². The molecule has 0 aromatic rings. The lowest BCUT2D eigenvalue weighted by atomic mass is 10.3. The minimum absolute atomic E-state index is 0.171. The summed E-state index contributed by atoms with van der Waals surface area (Å²) in [5.74, 6) is -0.496. The van der Waals surface area contributed by atoms with Crippen molar-refractivity contribution < 1.29 is 9.36 Å². The van der Waals surface area contributed by atoms with Crippen LogP contribution in [0.4, 0.5) is 0 Å². The number of hydrogen-bond acceptors (Lipinski definition) is 2. The Morgan fingerprint density at radius 3 is 2.38 bits per heavy atom. The average Bonchev–Trinajstić information content (AvgIpc) is 1.69. The molecule has 3 nitrogen and oxygen atoms in total. The first kappa shape index (κ1) is 7.57. The van der Waals surface area contributed by atoms with E-state index in [0.717, 1.165) is 0 Å². The molecule has 0 spiro atoms. The molecule has 0 aliphatic rings. The quantitative estimate of drug-likeness (QED) is 0.571. The van der Waals surface area contributed by atoms with E-state index in [0.29, 0.717) is 6.42 Å². The van der Waals surface area contributed by atoms with Gasteiger partial charge in [0.25, 0.3) is 0 Å². The third-order valence-corrected chi connectivity index (χ3v) is 1.72. The Morgan fingerprint density at radius 1 is 1.88 bits per heavy atom. The largest absolute Gasteiger partial charge is 0.369 e. The Balaban J connectivity index is 3.69. The van der Waals surface area contributed by atoms with Gasteiger partial charge >= 0.3 is 0 Å². The maximum Gasteiger partial charge on any atom is 0.232 e. The van der Waals surface area contributed by atoms with Crippen LogP contribution in [0, 0.1) is 0 Å². The van der Waals surface area contributed by atoms with Crippen LogP contribution >= 0.6 is 8.46 Å². The molecule has 1 unspecified atom stereocenters. The topological polar surface area (TPSA) is 60.2 Å². The third-order valence-electron chi connectivity index (χ3n) is 0.842. The fourth-order valence-electron chi connectivity index (χ4n) is 0.328. The van der Waals surface area contributed by atoms with Crippen molar-refractivity contribution in [3.8, 4) is 0 Å².